The molecule has 0 spiro atoms. The van der Waals surface area contributed by atoms with Gasteiger partial charge in [0.05, 0.1) is 11.4 Å². The van der Waals surface area contributed by atoms with Crippen LogP contribution in [0.2, 0.25) is 0 Å². The van der Waals surface area contributed by atoms with E-state index in [1.165, 1.54) is 23.1 Å². The van der Waals surface area contributed by atoms with Crippen molar-refractivity contribution >= 4 is 41.1 Å². The first-order chi connectivity index (χ1) is 11.1. The van der Waals surface area contributed by atoms with Gasteiger partial charge in [0, 0.05) is 5.56 Å². The molecule has 6 heteroatoms. The average molecular weight is 359 g/mol. The molecule has 0 N–H and O–H groups in total. The molecular weight excluding hydrogens is 344 g/mol. The van der Waals surface area contributed by atoms with Crippen LogP contribution in [0.25, 0.3) is 5.69 Å². The van der Waals surface area contributed by atoms with Gasteiger partial charge in [-0.25, -0.2) is 4.68 Å². The Hall–Kier alpha value is -1.76. The van der Waals surface area contributed by atoms with E-state index in [1.807, 2.05) is 61.5 Å². The summed E-state index contributed by atoms with van der Waals surface area (Å²) in [6.45, 7) is 2.01. The molecule has 0 saturated heterocycles. The summed E-state index contributed by atoms with van der Waals surface area (Å²) in [4.78, 5) is 12.2. The molecule has 0 unspecified atom stereocenters. The van der Waals surface area contributed by atoms with Crippen LogP contribution in [-0.2, 0) is 0 Å². The fraction of sp³-hybridized carbons (Fsp3) is 0.118. The molecule has 0 aliphatic heterocycles. The van der Waals surface area contributed by atoms with Gasteiger partial charge in [0.15, 0.2) is 14.1 Å². The Morgan fingerprint density at radius 1 is 1.17 bits per heavy atom. The minimum absolute atomic E-state index is 0.0994. The molecule has 3 rings (SSSR count). The van der Waals surface area contributed by atoms with E-state index >= 15 is 0 Å². The van der Waals surface area contributed by atoms with Crippen LogP contribution in [0.3, 0.4) is 0 Å². The summed E-state index contributed by atoms with van der Waals surface area (Å²) in [5.41, 5.74) is 2.81. The maximum atomic E-state index is 12.2. The topological polar surface area (TPSA) is 34.9 Å². The third-order valence-corrected chi connectivity index (χ3v) is 5.60. The first-order valence-corrected chi connectivity index (χ1v) is 9.23. The van der Waals surface area contributed by atoms with Crippen molar-refractivity contribution in [1.29, 1.82) is 0 Å². The lowest BCUT2D eigenvalue weighted by molar-refractivity contribution is 0.102. The summed E-state index contributed by atoms with van der Waals surface area (Å²) in [7, 11) is 0. The summed E-state index contributed by atoms with van der Waals surface area (Å²) in [6, 6.07) is 17.4. The smallest absolute Gasteiger partial charge is 0.184 e. The van der Waals surface area contributed by atoms with E-state index in [0.29, 0.717) is 9.71 Å². The number of Topliss-reactive ketones (excluding diaryl/α,β-unsaturated/α-hetero) is 1. The number of aromatic nitrogens is 2. The van der Waals surface area contributed by atoms with Crippen molar-refractivity contribution in [1.82, 2.24) is 9.78 Å². The number of para-hydroxylation sites is 1. The first kappa shape index (κ1) is 16.1. The monoisotopic (exact) mass is 358 g/mol. The molecule has 3 nitrogen and oxygen atoms in total. The van der Waals surface area contributed by atoms with Crippen LogP contribution in [0.5, 0.6) is 0 Å². The number of aryl methyl sites for hydroxylation is 1. The van der Waals surface area contributed by atoms with E-state index in [0.717, 1.165) is 21.2 Å². The molecule has 1 heterocycles. The van der Waals surface area contributed by atoms with Gasteiger partial charge in [0.2, 0.25) is 0 Å². The van der Waals surface area contributed by atoms with E-state index in [9.17, 15) is 4.79 Å². The van der Waals surface area contributed by atoms with Crippen LogP contribution in [0.1, 0.15) is 15.9 Å². The molecule has 0 fully saturated rings. The lowest BCUT2D eigenvalue weighted by Crippen LogP contribution is -2.02. The van der Waals surface area contributed by atoms with Gasteiger partial charge >= 0.3 is 0 Å². The molecule has 1 aromatic heterocycles. The number of ketones is 1. The third kappa shape index (κ3) is 3.96. The fourth-order valence-electron chi connectivity index (χ4n) is 2.00. The van der Waals surface area contributed by atoms with Crippen LogP contribution in [0.4, 0.5) is 0 Å². The van der Waals surface area contributed by atoms with Crippen molar-refractivity contribution in [3.63, 3.8) is 0 Å². The molecule has 116 valence electrons. The normalized spacial score (nSPS) is 10.7. The molecule has 0 saturated carbocycles. The molecule has 2 aromatic carbocycles. The van der Waals surface area contributed by atoms with Crippen molar-refractivity contribution in [2.24, 2.45) is 0 Å². The average Bonchev–Trinajstić information content (AvgIpc) is 2.95. The zero-order chi connectivity index (χ0) is 16.2. The van der Waals surface area contributed by atoms with Crippen molar-refractivity contribution in [2.75, 3.05) is 5.75 Å². The summed E-state index contributed by atoms with van der Waals surface area (Å²) < 4.78 is 3.22. The highest BCUT2D eigenvalue weighted by Gasteiger charge is 2.10. The second kappa shape index (κ2) is 7.21. The summed E-state index contributed by atoms with van der Waals surface area (Å²) >= 11 is 8.22. The molecule has 0 bridgehead atoms. The van der Waals surface area contributed by atoms with Crippen LogP contribution in [0.15, 0.2) is 58.9 Å². The number of benzene rings is 2. The summed E-state index contributed by atoms with van der Waals surface area (Å²) in [5, 5.41) is 4.50. The van der Waals surface area contributed by atoms with Gasteiger partial charge in [-0.15, -0.1) is 5.10 Å². The zero-order valence-corrected chi connectivity index (χ0v) is 14.9. The Kier molecular flexibility index (Phi) is 5.05. The number of thioether (sulfide) groups is 1. The number of carbonyl (C=O) groups excluding carboxylic acids is 1. The predicted octanol–water partition coefficient (Wildman–Crippen LogP) is 4.95. The Morgan fingerprint density at radius 2 is 1.87 bits per heavy atom. The Bertz CT molecular complexity index is 867. The van der Waals surface area contributed by atoms with E-state index < -0.39 is 0 Å². The lowest BCUT2D eigenvalue weighted by atomic mass is 10.1. The number of rotatable bonds is 5. The van der Waals surface area contributed by atoms with Gasteiger partial charge < -0.3 is 0 Å². The number of hydrogen-bond acceptors (Lipinski definition) is 5. The molecular formula is C17H14N2OS3. The molecule has 0 aliphatic carbocycles. The summed E-state index contributed by atoms with van der Waals surface area (Å²) in [5.74, 6) is 0.461. The standard InChI is InChI=1S/C17H14N2OS3/c1-12-7-9-13(10-8-12)15(20)11-22-16-18-19(17(21)23-16)14-5-3-2-4-6-14/h2-10H,11H2,1H3. The largest absolute Gasteiger partial charge is 0.293 e. The van der Waals surface area contributed by atoms with Crippen LogP contribution in [-0.4, -0.2) is 21.3 Å². The molecule has 23 heavy (non-hydrogen) atoms. The van der Waals surface area contributed by atoms with Crippen LogP contribution >= 0.6 is 35.3 Å². The van der Waals surface area contributed by atoms with Crippen molar-refractivity contribution in [3.05, 3.63) is 69.7 Å². The maximum absolute atomic E-state index is 12.2. The predicted molar refractivity (Wildman–Crippen MR) is 98.5 cm³/mol. The minimum atomic E-state index is 0.0994. The van der Waals surface area contributed by atoms with E-state index in [-0.39, 0.29) is 5.78 Å². The van der Waals surface area contributed by atoms with E-state index in [4.69, 9.17) is 12.2 Å². The van der Waals surface area contributed by atoms with E-state index in [1.54, 1.807) is 4.68 Å². The van der Waals surface area contributed by atoms with Crippen molar-refractivity contribution < 1.29 is 4.79 Å². The highest BCUT2D eigenvalue weighted by atomic mass is 32.2. The van der Waals surface area contributed by atoms with Gasteiger partial charge in [-0.2, -0.15) is 0 Å². The maximum Gasteiger partial charge on any atom is 0.184 e. The number of hydrogen-bond donors (Lipinski definition) is 0. The molecule has 3 aromatic rings. The highest BCUT2D eigenvalue weighted by Crippen LogP contribution is 2.24. The second-order valence-corrected chi connectivity index (χ2v) is 7.80. The van der Waals surface area contributed by atoms with Crippen molar-refractivity contribution in [3.8, 4) is 5.69 Å². The Morgan fingerprint density at radius 3 is 2.57 bits per heavy atom. The Balaban J connectivity index is 1.71. The van der Waals surface area contributed by atoms with Gasteiger partial charge in [-0.3, -0.25) is 4.79 Å². The molecule has 0 amide bonds. The summed E-state index contributed by atoms with van der Waals surface area (Å²) in [6.07, 6.45) is 0. The molecule has 0 atom stereocenters. The first-order valence-electron chi connectivity index (χ1n) is 7.02. The van der Waals surface area contributed by atoms with E-state index in [2.05, 4.69) is 5.10 Å². The molecule has 0 radical (unpaired) electrons. The Labute approximate surface area is 148 Å². The third-order valence-electron chi connectivity index (χ3n) is 3.23. The van der Waals surface area contributed by atoms with Gasteiger partial charge in [0.1, 0.15) is 0 Å². The van der Waals surface area contributed by atoms with Crippen LogP contribution in [0, 0.1) is 10.9 Å². The number of nitrogens with zero attached hydrogens (tertiary/aromatic N) is 2. The second-order valence-electron chi connectivity index (χ2n) is 4.96. The highest BCUT2D eigenvalue weighted by molar-refractivity contribution is 8.01. The lowest BCUT2D eigenvalue weighted by Gasteiger charge is -2.00. The zero-order valence-electron chi connectivity index (χ0n) is 12.4. The van der Waals surface area contributed by atoms with Crippen molar-refractivity contribution in [2.45, 2.75) is 11.3 Å². The van der Waals surface area contributed by atoms with Crippen LogP contribution < -0.4 is 0 Å². The quantitative estimate of drug-likeness (QED) is 0.367. The SMILES string of the molecule is Cc1ccc(C(=O)CSc2nn(-c3ccccc3)c(=S)s2)cc1. The molecule has 0 aliphatic rings. The number of carbonyl (C=O) groups is 1. The fourth-order valence-corrected chi connectivity index (χ4v) is 4.26. The van der Waals surface area contributed by atoms with Gasteiger partial charge in [-0.1, -0.05) is 71.1 Å². The minimum Gasteiger partial charge on any atom is -0.293 e. The van der Waals surface area contributed by atoms with Gasteiger partial charge in [-0.05, 0) is 31.3 Å². The van der Waals surface area contributed by atoms with Gasteiger partial charge in [0.25, 0.3) is 0 Å².